The number of rotatable bonds is 1. The Bertz CT molecular complexity index is 1280. The van der Waals surface area contributed by atoms with Gasteiger partial charge < -0.3 is 14.7 Å². The molecule has 3 heterocycles. The Morgan fingerprint density at radius 1 is 1.18 bits per heavy atom. The number of nitrogens with zero attached hydrogens (tertiary/aromatic N) is 2. The first-order chi connectivity index (χ1) is 16.0. The van der Waals surface area contributed by atoms with Crippen LogP contribution in [0.15, 0.2) is 36.4 Å². The van der Waals surface area contributed by atoms with Crippen LogP contribution >= 0.6 is 0 Å². The van der Waals surface area contributed by atoms with Crippen LogP contribution in [0.3, 0.4) is 0 Å². The molecule has 2 bridgehead atoms. The number of likely N-dealkylation sites (N-methyl/N-ethyl adjacent to an activating group) is 1. The van der Waals surface area contributed by atoms with Crippen molar-refractivity contribution in [1.29, 1.82) is 0 Å². The number of hydrogen-bond acceptors (Lipinski definition) is 4. The lowest BCUT2D eigenvalue weighted by Gasteiger charge is -2.64. The Balaban J connectivity index is 0.00000101. The Kier molecular flexibility index (Phi) is 4.50. The maximum absolute atomic E-state index is 10.5. The molecule has 2 aromatic carbocycles. The van der Waals surface area contributed by atoms with Crippen molar-refractivity contribution in [1.82, 2.24) is 9.88 Å². The summed E-state index contributed by atoms with van der Waals surface area (Å²) in [6, 6.07) is 13.3. The van der Waals surface area contributed by atoms with Gasteiger partial charge in [-0.05, 0) is 68.1 Å². The van der Waals surface area contributed by atoms with Gasteiger partial charge in [0.25, 0.3) is 0 Å². The molecule has 4 nitrogen and oxygen atoms in total. The van der Waals surface area contributed by atoms with Gasteiger partial charge in [0.2, 0.25) is 0 Å². The Morgan fingerprint density at radius 3 is 2.76 bits per heavy atom. The van der Waals surface area contributed by atoms with E-state index in [9.17, 15) is 5.11 Å². The summed E-state index contributed by atoms with van der Waals surface area (Å²) in [6.45, 7) is 9.79. The lowest BCUT2D eigenvalue weighted by molar-refractivity contribution is -0.0912. The number of aryl methyl sites for hydroxylation is 1. The van der Waals surface area contributed by atoms with Crippen LogP contribution in [-0.4, -0.2) is 34.6 Å². The second kappa shape index (κ2) is 7.04. The molecule has 4 atom stereocenters. The molecule has 3 aromatic rings. The molecule has 0 unspecified atom stereocenters. The summed E-state index contributed by atoms with van der Waals surface area (Å²) < 4.78 is 6.92. The molecular formula is C29H34N2O2. The van der Waals surface area contributed by atoms with Crippen molar-refractivity contribution in [2.45, 2.75) is 71.1 Å². The molecule has 172 valence electrons. The second-order valence-electron chi connectivity index (χ2n) is 10.4. The van der Waals surface area contributed by atoms with E-state index < -0.39 is 0 Å². The van der Waals surface area contributed by atoms with Crippen molar-refractivity contribution in [2.75, 3.05) is 13.6 Å². The fraction of sp³-hybridized carbons (Fsp3) is 0.483. The SMILES string of the molecule is CC.Cc1ccc2c3c1O[C@H]1c4nc5ccccc5c(CO)c4C[C@@]4(C)[C@@H](C2)N(C)CC[C@]314. The first kappa shape index (κ1) is 21.1. The first-order valence-electron chi connectivity index (χ1n) is 12.5. The maximum atomic E-state index is 10.5. The molecule has 7 rings (SSSR count). The van der Waals surface area contributed by atoms with Gasteiger partial charge in [0.05, 0.1) is 23.2 Å². The van der Waals surface area contributed by atoms with Crippen LogP contribution in [-0.2, 0) is 24.9 Å². The standard InChI is InChI=1S/C27H28N2O2.C2H6/c1-15-8-9-16-12-21-26(2)13-18-19(14-30)17-6-4-5-7-20(17)28-23(18)25-27(26,10-11-29(21)3)22(16)24(15)31-25;1-2/h4-9,21,25,30H,10-14H2,1-3H3;1-2H3/t21-,25+,26+,27+;/m1./s1. The summed E-state index contributed by atoms with van der Waals surface area (Å²) in [6.07, 6.45) is 3.02. The van der Waals surface area contributed by atoms with Gasteiger partial charge in [0, 0.05) is 22.4 Å². The number of ether oxygens (including phenoxy) is 1. The molecule has 0 amide bonds. The molecule has 4 aliphatic rings. The summed E-state index contributed by atoms with van der Waals surface area (Å²) in [5, 5.41) is 11.6. The predicted octanol–water partition coefficient (Wildman–Crippen LogP) is 5.26. The molecular weight excluding hydrogens is 408 g/mol. The zero-order valence-electron chi connectivity index (χ0n) is 20.4. The van der Waals surface area contributed by atoms with Gasteiger partial charge in [-0.15, -0.1) is 0 Å². The van der Waals surface area contributed by atoms with Gasteiger partial charge in [-0.1, -0.05) is 51.1 Å². The summed E-state index contributed by atoms with van der Waals surface area (Å²) in [5.41, 5.74) is 8.44. The number of pyridine rings is 1. The molecule has 1 N–H and O–H groups in total. The summed E-state index contributed by atoms with van der Waals surface area (Å²) >= 11 is 0. The first-order valence-corrected chi connectivity index (χ1v) is 12.5. The number of fused-ring (bicyclic) bond motifs is 3. The van der Waals surface area contributed by atoms with Crippen LogP contribution in [0.2, 0.25) is 0 Å². The van der Waals surface area contributed by atoms with E-state index in [1.54, 1.807) is 0 Å². The molecule has 2 aliphatic heterocycles. The topological polar surface area (TPSA) is 45.6 Å². The quantitative estimate of drug-likeness (QED) is 0.559. The Labute approximate surface area is 196 Å². The van der Waals surface area contributed by atoms with Crippen LogP contribution < -0.4 is 4.74 Å². The molecule has 4 heteroatoms. The van der Waals surface area contributed by atoms with Crippen LogP contribution in [0.5, 0.6) is 5.75 Å². The third-order valence-electron chi connectivity index (χ3n) is 9.22. The lowest BCUT2D eigenvalue weighted by Crippen LogP contribution is -2.68. The van der Waals surface area contributed by atoms with Gasteiger partial charge in [0.15, 0.2) is 6.10 Å². The van der Waals surface area contributed by atoms with Gasteiger partial charge in [-0.3, -0.25) is 0 Å². The molecule has 1 fully saturated rings. The number of aromatic nitrogens is 1. The van der Waals surface area contributed by atoms with Crippen molar-refractivity contribution in [3.63, 3.8) is 0 Å². The zero-order valence-corrected chi connectivity index (χ0v) is 20.4. The van der Waals surface area contributed by atoms with Gasteiger partial charge in [-0.25, -0.2) is 4.98 Å². The molecule has 33 heavy (non-hydrogen) atoms. The van der Waals surface area contributed by atoms with E-state index in [4.69, 9.17) is 9.72 Å². The van der Waals surface area contributed by atoms with Crippen molar-refractivity contribution in [2.24, 2.45) is 5.41 Å². The highest BCUT2D eigenvalue weighted by Gasteiger charge is 2.70. The molecule has 1 saturated heterocycles. The van der Waals surface area contributed by atoms with Crippen molar-refractivity contribution >= 4 is 10.9 Å². The molecule has 1 aromatic heterocycles. The number of likely N-dealkylation sites (tertiary alicyclic amines) is 1. The third kappa shape index (κ3) is 2.36. The van der Waals surface area contributed by atoms with E-state index in [0.29, 0.717) is 6.04 Å². The minimum absolute atomic E-state index is 0.0395. The van der Waals surface area contributed by atoms with E-state index in [0.717, 1.165) is 53.7 Å². The number of aliphatic hydroxyl groups is 1. The minimum atomic E-state index is -0.0810. The maximum Gasteiger partial charge on any atom is 0.151 e. The molecule has 2 aliphatic carbocycles. The smallest absolute Gasteiger partial charge is 0.151 e. The van der Waals surface area contributed by atoms with Crippen molar-refractivity contribution < 1.29 is 9.84 Å². The molecule has 0 saturated carbocycles. The highest BCUT2D eigenvalue weighted by Crippen LogP contribution is 2.71. The molecule has 0 radical (unpaired) electrons. The van der Waals surface area contributed by atoms with Gasteiger partial charge in [0.1, 0.15) is 5.75 Å². The largest absolute Gasteiger partial charge is 0.483 e. The monoisotopic (exact) mass is 442 g/mol. The van der Waals surface area contributed by atoms with E-state index in [2.05, 4.69) is 50.1 Å². The number of piperidine rings is 1. The summed E-state index contributed by atoms with van der Waals surface area (Å²) in [5.74, 6) is 1.10. The number of benzene rings is 2. The van der Waals surface area contributed by atoms with Crippen LogP contribution in [0, 0.1) is 12.3 Å². The predicted molar refractivity (Wildman–Crippen MR) is 132 cm³/mol. The fourth-order valence-corrected chi connectivity index (χ4v) is 7.76. The highest BCUT2D eigenvalue weighted by atomic mass is 16.5. The number of aliphatic hydroxyl groups excluding tert-OH is 1. The minimum Gasteiger partial charge on any atom is -0.483 e. The number of hydrogen-bond donors (Lipinski definition) is 1. The van der Waals surface area contributed by atoms with E-state index in [-0.39, 0.29) is 23.5 Å². The van der Waals surface area contributed by atoms with Crippen LogP contribution in [0.25, 0.3) is 10.9 Å². The normalized spacial score (nSPS) is 30.7. The Hall–Kier alpha value is -2.43. The summed E-state index contributed by atoms with van der Waals surface area (Å²) in [7, 11) is 2.29. The average molecular weight is 443 g/mol. The fourth-order valence-electron chi connectivity index (χ4n) is 7.76. The van der Waals surface area contributed by atoms with E-state index in [1.807, 2.05) is 26.0 Å². The second-order valence-corrected chi connectivity index (χ2v) is 10.4. The van der Waals surface area contributed by atoms with Crippen molar-refractivity contribution in [3.05, 3.63) is 69.9 Å². The van der Waals surface area contributed by atoms with Crippen LogP contribution in [0.4, 0.5) is 0 Å². The third-order valence-corrected chi connectivity index (χ3v) is 9.22. The summed E-state index contributed by atoms with van der Waals surface area (Å²) in [4.78, 5) is 7.78. The lowest BCUT2D eigenvalue weighted by atomic mass is 9.44. The molecule has 1 spiro atoms. The van der Waals surface area contributed by atoms with Gasteiger partial charge >= 0.3 is 0 Å². The van der Waals surface area contributed by atoms with E-state index in [1.165, 1.54) is 22.3 Å². The van der Waals surface area contributed by atoms with Crippen molar-refractivity contribution in [3.8, 4) is 5.75 Å². The van der Waals surface area contributed by atoms with E-state index >= 15 is 0 Å². The zero-order chi connectivity index (χ0) is 23.1. The highest BCUT2D eigenvalue weighted by molar-refractivity contribution is 5.84. The van der Waals surface area contributed by atoms with Gasteiger partial charge in [-0.2, -0.15) is 0 Å². The van der Waals surface area contributed by atoms with Crippen LogP contribution in [0.1, 0.15) is 66.8 Å². The number of para-hydroxylation sites is 1. The average Bonchev–Trinajstić information content (AvgIpc) is 3.19. The Morgan fingerprint density at radius 2 is 1.97 bits per heavy atom.